The van der Waals surface area contributed by atoms with E-state index in [9.17, 15) is 9.59 Å². The summed E-state index contributed by atoms with van der Waals surface area (Å²) in [7, 11) is 0. The summed E-state index contributed by atoms with van der Waals surface area (Å²) in [5, 5.41) is 5.59. The van der Waals surface area contributed by atoms with E-state index in [1.807, 2.05) is 60.7 Å². The normalized spacial score (nSPS) is 10.4. The van der Waals surface area contributed by atoms with Crippen molar-refractivity contribution in [2.24, 2.45) is 0 Å². The first-order chi connectivity index (χ1) is 14.0. The van der Waals surface area contributed by atoms with E-state index in [-0.39, 0.29) is 18.2 Å². The molecule has 0 fully saturated rings. The Hall–Kier alpha value is -3.60. The van der Waals surface area contributed by atoms with Gasteiger partial charge in [-0.3, -0.25) is 9.59 Å². The highest BCUT2D eigenvalue weighted by Crippen LogP contribution is 2.29. The number of amides is 2. The lowest BCUT2D eigenvalue weighted by atomic mass is 10.0. The molecule has 0 aliphatic carbocycles. The second kappa shape index (κ2) is 9.55. The van der Waals surface area contributed by atoms with Crippen molar-refractivity contribution >= 4 is 23.2 Å². The van der Waals surface area contributed by atoms with Gasteiger partial charge in [0.1, 0.15) is 12.2 Å². The Balaban J connectivity index is 1.63. The van der Waals surface area contributed by atoms with Crippen LogP contribution in [0.3, 0.4) is 0 Å². The van der Waals surface area contributed by atoms with Crippen LogP contribution in [0, 0.1) is 0 Å². The van der Waals surface area contributed by atoms with Crippen molar-refractivity contribution in [1.29, 1.82) is 0 Å². The molecule has 3 rings (SSSR count). The number of carbonyl (C=O) groups excluding carboxylic acids is 2. The molecule has 0 aliphatic rings. The molecule has 0 saturated heterocycles. The van der Waals surface area contributed by atoms with Gasteiger partial charge in [0.25, 0.3) is 0 Å². The van der Waals surface area contributed by atoms with E-state index in [1.165, 1.54) is 0 Å². The molecule has 2 N–H and O–H groups in total. The van der Waals surface area contributed by atoms with Gasteiger partial charge >= 0.3 is 0 Å². The van der Waals surface area contributed by atoms with E-state index in [4.69, 9.17) is 4.74 Å². The molecule has 0 heterocycles. The first kappa shape index (κ1) is 20.1. The van der Waals surface area contributed by atoms with Crippen LogP contribution in [0.25, 0.3) is 0 Å². The van der Waals surface area contributed by atoms with Crippen LogP contribution < -0.4 is 15.4 Å². The van der Waals surface area contributed by atoms with Crippen LogP contribution in [-0.4, -0.2) is 11.8 Å². The molecule has 0 unspecified atom stereocenters. The van der Waals surface area contributed by atoms with Crippen molar-refractivity contribution in [3.63, 3.8) is 0 Å². The molecule has 0 atom stereocenters. The number of hydrogen-bond donors (Lipinski definition) is 2. The summed E-state index contributed by atoms with van der Waals surface area (Å²) in [5.41, 5.74) is 2.27. The Bertz CT molecular complexity index is 984. The molecular weight excluding hydrogens is 364 g/mol. The topological polar surface area (TPSA) is 67.4 Å². The second-order valence-electron chi connectivity index (χ2n) is 6.93. The monoisotopic (exact) mass is 388 g/mol. The summed E-state index contributed by atoms with van der Waals surface area (Å²) in [6.45, 7) is 4.11. The van der Waals surface area contributed by atoms with Gasteiger partial charge in [0, 0.05) is 5.69 Å². The molecule has 3 aromatic carbocycles. The van der Waals surface area contributed by atoms with Gasteiger partial charge in [0.2, 0.25) is 11.8 Å². The van der Waals surface area contributed by atoms with Gasteiger partial charge in [0.05, 0.1) is 5.69 Å². The number of rotatable bonds is 7. The van der Waals surface area contributed by atoms with Crippen LogP contribution in [0.1, 0.15) is 31.7 Å². The molecule has 3 aromatic rings. The maximum Gasteiger partial charge on any atom is 0.233 e. The quantitative estimate of drug-likeness (QED) is 0.520. The molecule has 0 spiro atoms. The minimum absolute atomic E-state index is 0.266. The summed E-state index contributed by atoms with van der Waals surface area (Å²) < 4.78 is 5.84. The number of hydrogen-bond acceptors (Lipinski definition) is 3. The Labute approximate surface area is 170 Å². The van der Waals surface area contributed by atoms with Crippen LogP contribution >= 0.6 is 0 Å². The number of para-hydroxylation sites is 4. The van der Waals surface area contributed by atoms with Crippen LogP contribution in [0.15, 0.2) is 78.9 Å². The van der Waals surface area contributed by atoms with Gasteiger partial charge in [-0.05, 0) is 41.8 Å². The number of benzene rings is 3. The van der Waals surface area contributed by atoms with Crippen LogP contribution in [-0.2, 0) is 9.59 Å². The maximum atomic E-state index is 12.4. The maximum absolute atomic E-state index is 12.4. The summed E-state index contributed by atoms with van der Waals surface area (Å²) in [4.78, 5) is 24.8. The summed E-state index contributed by atoms with van der Waals surface area (Å²) in [5.74, 6) is 0.669. The van der Waals surface area contributed by atoms with Gasteiger partial charge in [-0.25, -0.2) is 0 Å². The predicted molar refractivity (Wildman–Crippen MR) is 115 cm³/mol. The molecule has 29 heavy (non-hydrogen) atoms. The molecule has 148 valence electrons. The molecule has 0 aliphatic heterocycles. The lowest BCUT2D eigenvalue weighted by molar-refractivity contribution is -0.123. The van der Waals surface area contributed by atoms with Gasteiger partial charge in [-0.2, -0.15) is 0 Å². The van der Waals surface area contributed by atoms with Gasteiger partial charge in [-0.15, -0.1) is 0 Å². The van der Waals surface area contributed by atoms with Crippen molar-refractivity contribution in [2.45, 2.75) is 26.2 Å². The number of ether oxygens (including phenoxy) is 1. The zero-order chi connectivity index (χ0) is 20.6. The third kappa shape index (κ3) is 5.69. The molecule has 5 nitrogen and oxygen atoms in total. The average molecular weight is 388 g/mol. The Morgan fingerprint density at radius 2 is 1.31 bits per heavy atom. The summed E-state index contributed by atoms with van der Waals surface area (Å²) in [6.07, 6.45) is -0.286. The molecule has 5 heteroatoms. The lowest BCUT2D eigenvalue weighted by Crippen LogP contribution is -2.22. The molecule has 2 amide bonds. The summed E-state index contributed by atoms with van der Waals surface area (Å²) >= 11 is 0. The second-order valence-corrected chi connectivity index (χ2v) is 6.93. The third-order valence-corrected chi connectivity index (χ3v) is 4.31. The molecule has 0 saturated carbocycles. The summed E-state index contributed by atoms with van der Waals surface area (Å²) in [6, 6.07) is 24.0. The molecule has 0 aromatic heterocycles. The zero-order valence-electron chi connectivity index (χ0n) is 16.5. The molecular formula is C24H24N2O3. The van der Waals surface area contributed by atoms with Crippen molar-refractivity contribution in [1.82, 2.24) is 0 Å². The predicted octanol–water partition coefficient (Wildman–Crippen LogP) is 5.57. The van der Waals surface area contributed by atoms with Crippen LogP contribution in [0.2, 0.25) is 0 Å². The SMILES string of the molecule is CC(C)c1ccccc1NC(=O)CC(=O)Nc1ccccc1Oc1ccccc1. The van der Waals surface area contributed by atoms with E-state index in [1.54, 1.807) is 18.2 Å². The molecule has 0 bridgehead atoms. The smallest absolute Gasteiger partial charge is 0.233 e. The molecule has 0 radical (unpaired) electrons. The van der Waals surface area contributed by atoms with E-state index in [2.05, 4.69) is 24.5 Å². The lowest BCUT2D eigenvalue weighted by Gasteiger charge is -2.14. The van der Waals surface area contributed by atoms with Crippen molar-refractivity contribution < 1.29 is 14.3 Å². The fraction of sp³-hybridized carbons (Fsp3) is 0.167. The van der Waals surface area contributed by atoms with Gasteiger partial charge in [0.15, 0.2) is 5.75 Å². The minimum atomic E-state index is -0.409. The Kier molecular flexibility index (Phi) is 6.63. The van der Waals surface area contributed by atoms with Gasteiger partial charge < -0.3 is 15.4 Å². The standard InChI is InChI=1S/C24H24N2O3/c1-17(2)19-12-6-7-13-20(19)25-23(27)16-24(28)26-21-14-8-9-15-22(21)29-18-10-4-3-5-11-18/h3-15,17H,16H2,1-2H3,(H,25,27)(H,26,28). The average Bonchev–Trinajstić information content (AvgIpc) is 2.70. The fourth-order valence-corrected chi connectivity index (χ4v) is 2.92. The fourth-order valence-electron chi connectivity index (χ4n) is 2.92. The largest absolute Gasteiger partial charge is 0.455 e. The van der Waals surface area contributed by atoms with E-state index in [0.717, 1.165) is 11.3 Å². The Morgan fingerprint density at radius 3 is 2.00 bits per heavy atom. The number of anilines is 2. The Morgan fingerprint density at radius 1 is 0.759 bits per heavy atom. The first-order valence-electron chi connectivity index (χ1n) is 9.53. The van der Waals surface area contributed by atoms with E-state index in [0.29, 0.717) is 17.2 Å². The number of nitrogens with one attached hydrogen (secondary N) is 2. The zero-order valence-corrected chi connectivity index (χ0v) is 16.5. The minimum Gasteiger partial charge on any atom is -0.455 e. The van der Waals surface area contributed by atoms with Crippen LogP contribution in [0.5, 0.6) is 11.5 Å². The number of carbonyl (C=O) groups is 2. The van der Waals surface area contributed by atoms with Crippen molar-refractivity contribution in [2.75, 3.05) is 10.6 Å². The van der Waals surface area contributed by atoms with E-state index >= 15 is 0 Å². The van der Waals surface area contributed by atoms with Crippen molar-refractivity contribution in [3.8, 4) is 11.5 Å². The highest BCUT2D eigenvalue weighted by molar-refractivity contribution is 6.08. The third-order valence-electron chi connectivity index (χ3n) is 4.31. The highest BCUT2D eigenvalue weighted by atomic mass is 16.5. The van der Waals surface area contributed by atoms with Gasteiger partial charge in [-0.1, -0.05) is 62.4 Å². The van der Waals surface area contributed by atoms with E-state index < -0.39 is 5.91 Å². The van der Waals surface area contributed by atoms with Crippen LogP contribution in [0.4, 0.5) is 11.4 Å². The van der Waals surface area contributed by atoms with Crippen molar-refractivity contribution in [3.05, 3.63) is 84.4 Å². The first-order valence-corrected chi connectivity index (χ1v) is 9.53. The highest BCUT2D eigenvalue weighted by Gasteiger charge is 2.14.